The van der Waals surface area contributed by atoms with Crippen molar-refractivity contribution in [2.24, 2.45) is 5.90 Å². The van der Waals surface area contributed by atoms with Gasteiger partial charge in [0.1, 0.15) is 5.75 Å². The van der Waals surface area contributed by atoms with E-state index in [2.05, 4.69) is 10.9 Å². The normalized spacial score (nSPS) is 11.8. The van der Waals surface area contributed by atoms with Gasteiger partial charge in [-0.2, -0.15) is 11.0 Å². The van der Waals surface area contributed by atoms with Gasteiger partial charge in [0.2, 0.25) is 0 Å². The molecule has 0 amide bonds. The Hall–Kier alpha value is -3.12. The number of aromatic nitrogens is 2. The van der Waals surface area contributed by atoms with Crippen molar-refractivity contribution >= 4 is 5.97 Å². The fourth-order valence-corrected chi connectivity index (χ4v) is 3.07. The van der Waals surface area contributed by atoms with Gasteiger partial charge in [0.25, 0.3) is 0 Å². The summed E-state index contributed by atoms with van der Waals surface area (Å²) in [6, 6.07) is 12.9. The SMILES string of the molecule is COc1cccc2c1Cc1cn(-c3ccc(C(=O)ON)cc3)nc1-2. The zero-order valence-electron chi connectivity index (χ0n) is 13.0. The second kappa shape index (κ2) is 5.50. The lowest BCUT2D eigenvalue weighted by Crippen LogP contribution is -2.10. The van der Waals surface area contributed by atoms with Crippen molar-refractivity contribution in [3.05, 3.63) is 65.4 Å². The van der Waals surface area contributed by atoms with Crippen molar-refractivity contribution in [2.45, 2.75) is 6.42 Å². The molecule has 4 rings (SSSR count). The van der Waals surface area contributed by atoms with Gasteiger partial charge in [-0.15, -0.1) is 0 Å². The minimum Gasteiger partial charge on any atom is -0.496 e. The minimum atomic E-state index is -0.564. The van der Waals surface area contributed by atoms with Gasteiger partial charge in [0.05, 0.1) is 24.1 Å². The van der Waals surface area contributed by atoms with Crippen molar-refractivity contribution in [3.8, 4) is 22.7 Å². The highest BCUT2D eigenvalue weighted by molar-refractivity contribution is 5.89. The third-order valence-electron chi connectivity index (χ3n) is 4.24. The zero-order valence-corrected chi connectivity index (χ0v) is 13.0. The highest BCUT2D eigenvalue weighted by Crippen LogP contribution is 2.40. The van der Waals surface area contributed by atoms with Crippen LogP contribution in [0.5, 0.6) is 5.75 Å². The monoisotopic (exact) mass is 321 g/mol. The maximum Gasteiger partial charge on any atom is 0.356 e. The molecule has 0 saturated carbocycles. The molecular weight excluding hydrogens is 306 g/mol. The van der Waals surface area contributed by atoms with Gasteiger partial charge < -0.3 is 9.57 Å². The van der Waals surface area contributed by atoms with Crippen molar-refractivity contribution in [1.82, 2.24) is 9.78 Å². The van der Waals surface area contributed by atoms with Crippen LogP contribution in [0.15, 0.2) is 48.7 Å². The molecule has 0 atom stereocenters. The molecule has 1 aliphatic rings. The van der Waals surface area contributed by atoms with E-state index in [0.717, 1.165) is 34.7 Å². The molecular formula is C18H15N3O3. The Labute approximate surface area is 138 Å². The van der Waals surface area contributed by atoms with Crippen molar-refractivity contribution in [1.29, 1.82) is 0 Å². The number of ether oxygens (including phenoxy) is 1. The number of methoxy groups -OCH3 is 1. The molecule has 0 unspecified atom stereocenters. The molecule has 6 heteroatoms. The van der Waals surface area contributed by atoms with E-state index in [-0.39, 0.29) is 0 Å². The summed E-state index contributed by atoms with van der Waals surface area (Å²) in [6.07, 6.45) is 2.80. The van der Waals surface area contributed by atoms with E-state index in [9.17, 15) is 4.79 Å². The molecule has 1 aromatic heterocycles. The second-order valence-corrected chi connectivity index (χ2v) is 5.56. The molecule has 6 nitrogen and oxygen atoms in total. The van der Waals surface area contributed by atoms with E-state index in [1.807, 2.05) is 23.0 Å². The molecule has 2 N–H and O–H groups in total. The van der Waals surface area contributed by atoms with Crippen LogP contribution in [0.4, 0.5) is 0 Å². The molecule has 120 valence electrons. The Morgan fingerprint density at radius 2 is 2.00 bits per heavy atom. The molecule has 3 aromatic rings. The Kier molecular flexibility index (Phi) is 3.32. The number of fused-ring (bicyclic) bond motifs is 3. The smallest absolute Gasteiger partial charge is 0.356 e. The summed E-state index contributed by atoms with van der Waals surface area (Å²) >= 11 is 0. The van der Waals surface area contributed by atoms with Crippen LogP contribution < -0.4 is 10.6 Å². The Morgan fingerprint density at radius 1 is 1.21 bits per heavy atom. The number of nitrogens with two attached hydrogens (primary N) is 1. The standard InChI is InChI=1S/C18H15N3O3/c1-23-16-4-2-3-14-15(16)9-12-10-21(20-17(12)14)13-7-5-11(6-8-13)18(22)24-19/h2-8,10H,9,19H2,1H3. The molecule has 0 saturated heterocycles. The van der Waals surface area contributed by atoms with Crippen LogP contribution in [-0.2, 0) is 11.3 Å². The predicted octanol–water partition coefficient (Wildman–Crippen LogP) is 2.48. The average molecular weight is 321 g/mol. The lowest BCUT2D eigenvalue weighted by molar-refractivity contribution is 0.0503. The number of nitrogens with zero attached hydrogens (tertiary/aromatic N) is 2. The summed E-state index contributed by atoms with van der Waals surface area (Å²) in [4.78, 5) is 15.6. The lowest BCUT2D eigenvalue weighted by Gasteiger charge is -2.07. The topological polar surface area (TPSA) is 79.4 Å². The van der Waals surface area contributed by atoms with Gasteiger partial charge in [-0.25, -0.2) is 9.48 Å². The first-order chi connectivity index (χ1) is 11.7. The maximum atomic E-state index is 11.4. The van der Waals surface area contributed by atoms with Gasteiger partial charge in [-0.1, -0.05) is 12.1 Å². The average Bonchev–Trinajstić information content (AvgIpc) is 3.19. The largest absolute Gasteiger partial charge is 0.496 e. The first-order valence-corrected chi connectivity index (χ1v) is 7.47. The Bertz CT molecular complexity index is 929. The summed E-state index contributed by atoms with van der Waals surface area (Å²) in [7, 11) is 1.68. The molecule has 0 aliphatic heterocycles. The summed E-state index contributed by atoms with van der Waals surface area (Å²) in [6.45, 7) is 0. The number of rotatable bonds is 3. The first-order valence-electron chi connectivity index (χ1n) is 7.47. The Morgan fingerprint density at radius 3 is 2.71 bits per heavy atom. The molecule has 2 aromatic carbocycles. The van der Waals surface area contributed by atoms with Crippen LogP contribution in [0.2, 0.25) is 0 Å². The van der Waals surface area contributed by atoms with Gasteiger partial charge in [-0.3, -0.25) is 0 Å². The summed E-state index contributed by atoms with van der Waals surface area (Å²) in [5, 5.41) is 4.69. The Balaban J connectivity index is 1.70. The quantitative estimate of drug-likeness (QED) is 0.586. The fourth-order valence-electron chi connectivity index (χ4n) is 3.07. The van der Waals surface area contributed by atoms with Crippen LogP contribution >= 0.6 is 0 Å². The molecule has 1 aliphatic carbocycles. The van der Waals surface area contributed by atoms with Crippen LogP contribution in [0.1, 0.15) is 21.5 Å². The molecule has 0 fully saturated rings. The number of carbonyl (C=O) groups is 1. The summed E-state index contributed by atoms with van der Waals surface area (Å²) in [5.74, 6) is 5.22. The van der Waals surface area contributed by atoms with Gasteiger partial charge >= 0.3 is 5.97 Å². The second-order valence-electron chi connectivity index (χ2n) is 5.56. The number of benzene rings is 2. The number of hydrogen-bond donors (Lipinski definition) is 1. The molecule has 1 heterocycles. The number of hydrogen-bond acceptors (Lipinski definition) is 5. The van der Waals surface area contributed by atoms with E-state index < -0.39 is 5.97 Å². The van der Waals surface area contributed by atoms with Gasteiger partial charge in [0.15, 0.2) is 0 Å². The minimum absolute atomic E-state index is 0.399. The van der Waals surface area contributed by atoms with Gasteiger partial charge in [0, 0.05) is 29.3 Å². The summed E-state index contributed by atoms with van der Waals surface area (Å²) in [5.41, 5.74) is 5.66. The lowest BCUT2D eigenvalue weighted by atomic mass is 10.1. The van der Waals surface area contributed by atoms with Crippen LogP contribution in [0.25, 0.3) is 16.9 Å². The van der Waals surface area contributed by atoms with Gasteiger partial charge in [-0.05, 0) is 30.3 Å². The highest BCUT2D eigenvalue weighted by Gasteiger charge is 2.25. The van der Waals surface area contributed by atoms with E-state index >= 15 is 0 Å². The first kappa shape index (κ1) is 14.5. The van der Waals surface area contributed by atoms with Crippen LogP contribution in [0.3, 0.4) is 0 Å². The molecule has 0 radical (unpaired) electrons. The van der Waals surface area contributed by atoms with E-state index in [1.165, 1.54) is 5.56 Å². The van der Waals surface area contributed by atoms with Crippen LogP contribution in [0, 0.1) is 0 Å². The third-order valence-corrected chi connectivity index (χ3v) is 4.24. The summed E-state index contributed by atoms with van der Waals surface area (Å²) < 4.78 is 7.24. The molecule has 0 spiro atoms. The zero-order chi connectivity index (χ0) is 16.7. The molecule has 24 heavy (non-hydrogen) atoms. The third kappa shape index (κ3) is 2.16. The maximum absolute atomic E-state index is 11.4. The van der Waals surface area contributed by atoms with E-state index in [4.69, 9.17) is 15.7 Å². The van der Waals surface area contributed by atoms with Crippen molar-refractivity contribution in [2.75, 3.05) is 7.11 Å². The van der Waals surface area contributed by atoms with E-state index in [0.29, 0.717) is 5.56 Å². The highest BCUT2D eigenvalue weighted by atomic mass is 16.7. The fraction of sp³-hybridized carbons (Fsp3) is 0.111. The predicted molar refractivity (Wildman–Crippen MR) is 88.0 cm³/mol. The molecule has 0 bridgehead atoms. The van der Waals surface area contributed by atoms with Crippen LogP contribution in [-0.4, -0.2) is 22.9 Å². The van der Waals surface area contributed by atoms with Crippen molar-refractivity contribution in [3.63, 3.8) is 0 Å². The number of carbonyl (C=O) groups excluding carboxylic acids is 1. The van der Waals surface area contributed by atoms with Crippen molar-refractivity contribution < 1.29 is 14.4 Å². The van der Waals surface area contributed by atoms with E-state index in [1.54, 1.807) is 31.4 Å².